The van der Waals surface area contributed by atoms with Crippen LogP contribution in [-0.4, -0.2) is 41.6 Å². The molecule has 1 atom stereocenters. The number of rotatable bonds is 8. The van der Waals surface area contributed by atoms with Crippen LogP contribution in [0.4, 0.5) is 16.2 Å². The highest BCUT2D eigenvalue weighted by Gasteiger charge is 2.37. The predicted molar refractivity (Wildman–Crippen MR) is 160 cm³/mol. The van der Waals surface area contributed by atoms with Gasteiger partial charge in [-0.05, 0) is 60.5 Å². The van der Waals surface area contributed by atoms with E-state index in [2.05, 4.69) is 9.88 Å². The maximum Gasteiger partial charge on any atom is 0.322 e. The number of anilines is 2. The molecule has 0 saturated carbocycles. The third-order valence-corrected chi connectivity index (χ3v) is 7.64. The standard InChI is InChI=1S/C31H30Cl2N4O3/c1-3-4-18-35(31(39)34-29-23(32)9-7-10-24(29)33)20-28(38)37-26-12-6-5-11-25(26)36-19-8-13-27(36)30(37)21-14-16-22(40-2)17-15-21/h5-17,19,30H,3-4,18,20H2,1-2H3,(H,34,39). The van der Waals surface area contributed by atoms with Crippen molar-refractivity contribution in [3.63, 3.8) is 0 Å². The first-order valence-corrected chi connectivity index (χ1v) is 13.9. The van der Waals surface area contributed by atoms with E-state index in [4.69, 9.17) is 27.9 Å². The normalized spacial score (nSPS) is 13.8. The zero-order valence-corrected chi connectivity index (χ0v) is 23.8. The maximum atomic E-state index is 14.3. The molecule has 0 bridgehead atoms. The summed E-state index contributed by atoms with van der Waals surface area (Å²) >= 11 is 12.6. The molecular weight excluding hydrogens is 547 g/mol. The Bertz CT molecular complexity index is 1500. The molecule has 4 aromatic rings. The fourth-order valence-corrected chi connectivity index (χ4v) is 5.50. The molecule has 9 heteroatoms. The van der Waals surface area contributed by atoms with Crippen LogP contribution in [0.15, 0.2) is 85.1 Å². The fraction of sp³-hybridized carbons (Fsp3) is 0.226. The van der Waals surface area contributed by atoms with Crippen molar-refractivity contribution in [2.75, 3.05) is 30.4 Å². The second-order valence-electron chi connectivity index (χ2n) is 9.53. The molecule has 206 valence electrons. The van der Waals surface area contributed by atoms with Crippen molar-refractivity contribution in [2.24, 2.45) is 0 Å². The number of aromatic nitrogens is 1. The van der Waals surface area contributed by atoms with Crippen LogP contribution in [-0.2, 0) is 4.79 Å². The highest BCUT2D eigenvalue weighted by atomic mass is 35.5. The molecule has 3 aromatic carbocycles. The van der Waals surface area contributed by atoms with Gasteiger partial charge in [-0.15, -0.1) is 0 Å². The average molecular weight is 578 g/mol. The summed E-state index contributed by atoms with van der Waals surface area (Å²) < 4.78 is 7.47. The van der Waals surface area contributed by atoms with Crippen molar-refractivity contribution >= 4 is 46.5 Å². The Hall–Kier alpha value is -3.94. The van der Waals surface area contributed by atoms with Crippen molar-refractivity contribution in [3.8, 4) is 11.4 Å². The van der Waals surface area contributed by atoms with Crippen molar-refractivity contribution in [1.29, 1.82) is 0 Å². The van der Waals surface area contributed by atoms with Crippen LogP contribution in [0.1, 0.15) is 37.1 Å². The van der Waals surface area contributed by atoms with Gasteiger partial charge in [0.25, 0.3) is 0 Å². The molecule has 7 nitrogen and oxygen atoms in total. The molecular formula is C31H30Cl2N4O3. The fourth-order valence-electron chi connectivity index (χ4n) is 5.01. The summed E-state index contributed by atoms with van der Waals surface area (Å²) in [4.78, 5) is 31.1. The summed E-state index contributed by atoms with van der Waals surface area (Å²) in [5.41, 5.74) is 3.86. The number of hydrogen-bond acceptors (Lipinski definition) is 3. The molecule has 0 radical (unpaired) electrons. The van der Waals surface area contributed by atoms with Crippen molar-refractivity contribution in [2.45, 2.75) is 25.8 Å². The predicted octanol–water partition coefficient (Wildman–Crippen LogP) is 7.56. The molecule has 1 N–H and O–H groups in total. The van der Waals surface area contributed by atoms with Gasteiger partial charge in [-0.25, -0.2) is 4.79 Å². The van der Waals surface area contributed by atoms with E-state index < -0.39 is 12.1 Å². The van der Waals surface area contributed by atoms with E-state index in [1.165, 1.54) is 4.90 Å². The third kappa shape index (κ3) is 5.40. The van der Waals surface area contributed by atoms with Crippen molar-refractivity contribution in [3.05, 3.63) is 106 Å². The van der Waals surface area contributed by atoms with E-state index in [9.17, 15) is 9.59 Å². The number of amides is 3. The maximum absolute atomic E-state index is 14.3. The average Bonchev–Trinajstić information content (AvgIpc) is 3.46. The number of halogens is 2. The van der Waals surface area contributed by atoms with E-state index in [0.717, 1.165) is 41.2 Å². The molecule has 1 aliphatic heterocycles. The summed E-state index contributed by atoms with van der Waals surface area (Å²) in [6.07, 6.45) is 3.60. The van der Waals surface area contributed by atoms with Gasteiger partial charge in [-0.2, -0.15) is 0 Å². The number of hydrogen-bond donors (Lipinski definition) is 1. The number of carbonyl (C=O) groups excluding carboxylic acids is 2. The first kappa shape index (κ1) is 27.6. The van der Waals surface area contributed by atoms with Gasteiger partial charge in [0.1, 0.15) is 18.3 Å². The minimum atomic E-state index is -0.438. The van der Waals surface area contributed by atoms with Crippen molar-refractivity contribution in [1.82, 2.24) is 9.47 Å². The Kier molecular flexibility index (Phi) is 8.33. The number of urea groups is 1. The number of ether oxygens (including phenoxy) is 1. The summed E-state index contributed by atoms with van der Waals surface area (Å²) in [6, 6.07) is 23.7. The molecule has 1 unspecified atom stereocenters. The Morgan fingerprint density at radius 3 is 2.30 bits per heavy atom. The highest BCUT2D eigenvalue weighted by Crippen LogP contribution is 2.42. The molecule has 3 amide bonds. The number of unbranched alkanes of at least 4 members (excludes halogenated alkanes) is 1. The molecule has 5 rings (SSSR count). The molecule has 0 aliphatic carbocycles. The Morgan fingerprint density at radius 1 is 0.925 bits per heavy atom. The van der Waals surface area contributed by atoms with Gasteiger partial charge < -0.3 is 19.5 Å². The van der Waals surface area contributed by atoms with Crippen LogP contribution in [0, 0.1) is 0 Å². The lowest BCUT2D eigenvalue weighted by Gasteiger charge is -2.39. The monoisotopic (exact) mass is 576 g/mol. The van der Waals surface area contributed by atoms with Crippen LogP contribution in [0.3, 0.4) is 0 Å². The Balaban J connectivity index is 1.51. The second kappa shape index (κ2) is 12.1. The molecule has 0 fully saturated rings. The topological polar surface area (TPSA) is 66.8 Å². The minimum Gasteiger partial charge on any atom is -0.497 e. The van der Waals surface area contributed by atoms with Gasteiger partial charge in [0.05, 0.1) is 39.9 Å². The Morgan fingerprint density at radius 2 is 1.62 bits per heavy atom. The van der Waals surface area contributed by atoms with Gasteiger partial charge in [0.2, 0.25) is 5.91 Å². The first-order valence-electron chi connectivity index (χ1n) is 13.2. The van der Waals surface area contributed by atoms with Crippen LogP contribution in [0.5, 0.6) is 5.75 Å². The third-order valence-electron chi connectivity index (χ3n) is 7.01. The number of fused-ring (bicyclic) bond motifs is 3. The Labute approximate surface area is 243 Å². The van der Waals surface area contributed by atoms with E-state index >= 15 is 0 Å². The summed E-state index contributed by atoms with van der Waals surface area (Å²) in [7, 11) is 1.62. The molecule has 0 saturated heterocycles. The number of para-hydroxylation sites is 3. The number of benzene rings is 3. The lowest BCUT2D eigenvalue weighted by molar-refractivity contribution is -0.119. The molecule has 2 heterocycles. The first-order chi connectivity index (χ1) is 19.4. The van der Waals surface area contributed by atoms with Gasteiger partial charge in [-0.3, -0.25) is 9.69 Å². The molecule has 1 aromatic heterocycles. The minimum absolute atomic E-state index is 0.129. The number of nitrogens with zero attached hydrogens (tertiary/aromatic N) is 3. The van der Waals surface area contributed by atoms with Gasteiger partial charge >= 0.3 is 6.03 Å². The van der Waals surface area contributed by atoms with E-state index in [1.807, 2.05) is 73.8 Å². The van der Waals surface area contributed by atoms with E-state index in [1.54, 1.807) is 30.2 Å². The SMILES string of the molecule is CCCCN(CC(=O)N1c2ccccc2-n2cccc2C1c1ccc(OC)cc1)C(=O)Nc1c(Cl)cccc1Cl. The van der Waals surface area contributed by atoms with Crippen molar-refractivity contribution < 1.29 is 14.3 Å². The van der Waals surface area contributed by atoms with Crippen LogP contribution in [0.25, 0.3) is 5.69 Å². The van der Waals surface area contributed by atoms with E-state index in [0.29, 0.717) is 22.3 Å². The highest BCUT2D eigenvalue weighted by molar-refractivity contribution is 6.39. The number of carbonyl (C=O) groups is 2. The lowest BCUT2D eigenvalue weighted by atomic mass is 9.97. The van der Waals surface area contributed by atoms with Crippen LogP contribution < -0.4 is 15.0 Å². The zero-order chi connectivity index (χ0) is 28.2. The molecule has 40 heavy (non-hydrogen) atoms. The van der Waals surface area contributed by atoms with Gasteiger partial charge in [0.15, 0.2) is 0 Å². The molecule has 1 aliphatic rings. The number of nitrogens with one attached hydrogen (secondary N) is 1. The summed E-state index contributed by atoms with van der Waals surface area (Å²) in [5.74, 6) is 0.520. The van der Waals surface area contributed by atoms with Gasteiger partial charge in [-0.1, -0.05) is 66.9 Å². The largest absolute Gasteiger partial charge is 0.497 e. The molecule has 0 spiro atoms. The van der Waals surface area contributed by atoms with Crippen LogP contribution >= 0.6 is 23.2 Å². The zero-order valence-electron chi connectivity index (χ0n) is 22.3. The lowest BCUT2D eigenvalue weighted by Crippen LogP contribution is -2.48. The second-order valence-corrected chi connectivity index (χ2v) is 10.3. The summed E-state index contributed by atoms with van der Waals surface area (Å²) in [6.45, 7) is 2.31. The number of methoxy groups -OCH3 is 1. The summed E-state index contributed by atoms with van der Waals surface area (Å²) in [5, 5.41) is 3.47. The van der Waals surface area contributed by atoms with Gasteiger partial charge in [0, 0.05) is 12.7 Å². The van der Waals surface area contributed by atoms with Crippen LogP contribution in [0.2, 0.25) is 10.0 Å². The quantitative estimate of drug-likeness (QED) is 0.235. The van der Waals surface area contributed by atoms with E-state index in [-0.39, 0.29) is 12.5 Å². The smallest absolute Gasteiger partial charge is 0.322 e.